The number of hydrogen-bond donors (Lipinski definition) is 2. The molecular formula is C15H19BrN2O2S. The third kappa shape index (κ3) is 3.75. The highest BCUT2D eigenvalue weighted by atomic mass is 79.9. The Morgan fingerprint density at radius 3 is 2.71 bits per heavy atom. The Kier molecular flexibility index (Phi) is 5.24. The molecule has 0 aliphatic heterocycles. The molecule has 1 heterocycles. The van der Waals surface area contributed by atoms with Crippen molar-refractivity contribution in [3.8, 4) is 11.5 Å². The Hall–Kier alpha value is -1.11. The highest BCUT2D eigenvalue weighted by molar-refractivity contribution is 9.10. The van der Waals surface area contributed by atoms with Crippen LogP contribution in [0.2, 0.25) is 0 Å². The molecule has 114 valence electrons. The molecule has 0 amide bonds. The lowest BCUT2D eigenvalue weighted by atomic mass is 10.1. The first-order chi connectivity index (χ1) is 9.92. The smallest absolute Gasteiger partial charge is 0.172 e. The fourth-order valence-corrected chi connectivity index (χ4v) is 3.64. The summed E-state index contributed by atoms with van der Waals surface area (Å²) in [5.74, 6) is 0.599. The molecule has 1 atom stereocenters. The van der Waals surface area contributed by atoms with Crippen LogP contribution in [0.5, 0.6) is 11.5 Å². The minimum absolute atomic E-state index is 0.128. The molecule has 1 aromatic carbocycles. The lowest BCUT2D eigenvalue weighted by Crippen LogP contribution is -2.18. The van der Waals surface area contributed by atoms with Crippen LogP contribution in [0, 0.1) is 13.8 Å². The first-order valence-corrected chi connectivity index (χ1v) is 8.26. The van der Waals surface area contributed by atoms with Crippen molar-refractivity contribution in [2.75, 3.05) is 7.11 Å². The summed E-state index contributed by atoms with van der Waals surface area (Å²) in [6, 6.07) is 3.96. The number of aromatic nitrogens is 1. The van der Waals surface area contributed by atoms with Crippen LogP contribution in [0.25, 0.3) is 0 Å². The number of phenols is 1. The fourth-order valence-electron chi connectivity index (χ4n) is 2.20. The average Bonchev–Trinajstić information content (AvgIpc) is 2.78. The molecule has 4 nitrogen and oxygen atoms in total. The van der Waals surface area contributed by atoms with Gasteiger partial charge in [0.1, 0.15) is 0 Å². The topological polar surface area (TPSA) is 54.4 Å². The van der Waals surface area contributed by atoms with E-state index < -0.39 is 0 Å². The van der Waals surface area contributed by atoms with E-state index in [-0.39, 0.29) is 11.8 Å². The molecule has 0 aliphatic rings. The maximum atomic E-state index is 9.82. The summed E-state index contributed by atoms with van der Waals surface area (Å²) in [5, 5.41) is 14.4. The molecule has 21 heavy (non-hydrogen) atoms. The van der Waals surface area contributed by atoms with Crippen LogP contribution >= 0.6 is 27.3 Å². The number of methoxy groups -OCH3 is 1. The minimum Gasteiger partial charge on any atom is -0.503 e. The molecule has 0 saturated carbocycles. The third-order valence-corrected chi connectivity index (χ3v) is 5.11. The van der Waals surface area contributed by atoms with Gasteiger partial charge in [-0.15, -0.1) is 11.3 Å². The molecule has 0 fully saturated rings. The molecule has 0 saturated heterocycles. The van der Waals surface area contributed by atoms with Gasteiger partial charge >= 0.3 is 0 Å². The zero-order chi connectivity index (χ0) is 15.6. The average molecular weight is 371 g/mol. The van der Waals surface area contributed by atoms with Crippen LogP contribution in [-0.4, -0.2) is 17.2 Å². The summed E-state index contributed by atoms with van der Waals surface area (Å²) >= 11 is 5.06. The van der Waals surface area contributed by atoms with Gasteiger partial charge in [-0.3, -0.25) is 0 Å². The number of nitrogens with zero attached hydrogens (tertiary/aromatic N) is 1. The van der Waals surface area contributed by atoms with Crippen LogP contribution in [0.1, 0.15) is 34.1 Å². The van der Waals surface area contributed by atoms with Crippen molar-refractivity contribution in [1.29, 1.82) is 0 Å². The van der Waals surface area contributed by atoms with Crippen molar-refractivity contribution in [3.63, 3.8) is 0 Å². The second-order valence-corrected chi connectivity index (χ2v) is 7.00. The summed E-state index contributed by atoms with van der Waals surface area (Å²) < 4.78 is 5.80. The van der Waals surface area contributed by atoms with Gasteiger partial charge in [-0.2, -0.15) is 0 Å². The number of ether oxygens (including phenoxy) is 1. The number of halogens is 1. The standard InChI is InChI=1S/C15H19BrN2O2S/c1-8(15-9(2)18-10(3)21-15)17-7-11-5-12(16)14(19)13(6-11)20-4/h5-6,8,17,19H,7H2,1-4H3. The van der Waals surface area contributed by atoms with Crippen molar-refractivity contribution in [3.05, 3.63) is 37.7 Å². The Bertz CT molecular complexity index is 643. The SMILES string of the molecule is COc1cc(CNC(C)c2sc(C)nc2C)cc(Br)c1O. The van der Waals surface area contributed by atoms with Gasteiger partial charge in [-0.25, -0.2) is 4.98 Å². The lowest BCUT2D eigenvalue weighted by molar-refractivity contribution is 0.371. The van der Waals surface area contributed by atoms with Crippen molar-refractivity contribution in [2.24, 2.45) is 0 Å². The maximum Gasteiger partial charge on any atom is 0.172 e. The number of nitrogens with one attached hydrogen (secondary N) is 1. The zero-order valence-corrected chi connectivity index (χ0v) is 14.9. The Morgan fingerprint density at radius 1 is 1.43 bits per heavy atom. The van der Waals surface area contributed by atoms with E-state index in [0.717, 1.165) is 16.3 Å². The quantitative estimate of drug-likeness (QED) is 0.831. The molecule has 2 N–H and O–H groups in total. The molecule has 0 radical (unpaired) electrons. The molecule has 1 unspecified atom stereocenters. The number of phenolic OH excluding ortho intramolecular Hbond substituents is 1. The molecule has 0 spiro atoms. The van der Waals surface area contributed by atoms with Crippen molar-refractivity contribution >= 4 is 27.3 Å². The number of aromatic hydroxyl groups is 1. The van der Waals surface area contributed by atoms with Gasteiger partial charge in [0.05, 0.1) is 22.3 Å². The Labute approximate surface area is 137 Å². The normalized spacial score (nSPS) is 12.4. The van der Waals surface area contributed by atoms with E-state index in [1.807, 2.05) is 26.0 Å². The van der Waals surface area contributed by atoms with Crippen LogP contribution in [0.4, 0.5) is 0 Å². The van der Waals surface area contributed by atoms with Gasteiger partial charge in [-0.1, -0.05) is 0 Å². The van der Waals surface area contributed by atoms with Gasteiger partial charge < -0.3 is 15.2 Å². The van der Waals surface area contributed by atoms with E-state index in [0.29, 0.717) is 16.8 Å². The Morgan fingerprint density at radius 2 is 2.14 bits per heavy atom. The largest absolute Gasteiger partial charge is 0.503 e. The molecule has 2 rings (SSSR count). The molecule has 1 aromatic heterocycles. The zero-order valence-electron chi connectivity index (χ0n) is 12.5. The summed E-state index contributed by atoms with van der Waals surface area (Å²) in [6.45, 7) is 6.88. The van der Waals surface area contributed by atoms with Gasteiger partial charge in [0.15, 0.2) is 11.5 Å². The number of benzene rings is 1. The Balaban J connectivity index is 2.09. The predicted octanol–water partition coefficient (Wildman–Crippen LogP) is 4.09. The van der Waals surface area contributed by atoms with Crippen molar-refractivity contribution < 1.29 is 9.84 Å². The molecular weight excluding hydrogens is 352 g/mol. The highest BCUT2D eigenvalue weighted by Gasteiger charge is 2.14. The summed E-state index contributed by atoms with van der Waals surface area (Å²) in [5.41, 5.74) is 2.13. The van der Waals surface area contributed by atoms with E-state index in [9.17, 15) is 5.11 Å². The van der Waals surface area contributed by atoms with E-state index in [1.165, 1.54) is 4.88 Å². The minimum atomic E-state index is 0.128. The van der Waals surface area contributed by atoms with E-state index >= 15 is 0 Å². The van der Waals surface area contributed by atoms with Crippen molar-refractivity contribution in [2.45, 2.75) is 33.4 Å². The fraction of sp³-hybridized carbons (Fsp3) is 0.400. The van der Waals surface area contributed by atoms with E-state index in [4.69, 9.17) is 4.74 Å². The molecule has 0 bridgehead atoms. The monoisotopic (exact) mass is 370 g/mol. The van der Waals surface area contributed by atoms with Gasteiger partial charge in [-0.05, 0) is 54.4 Å². The summed E-state index contributed by atoms with van der Waals surface area (Å²) in [7, 11) is 1.55. The maximum absolute atomic E-state index is 9.82. The number of thiazole rings is 1. The molecule has 0 aliphatic carbocycles. The van der Waals surface area contributed by atoms with Crippen LogP contribution in [0.3, 0.4) is 0 Å². The highest BCUT2D eigenvalue weighted by Crippen LogP contribution is 2.35. The number of rotatable bonds is 5. The van der Waals surface area contributed by atoms with Crippen molar-refractivity contribution in [1.82, 2.24) is 10.3 Å². The predicted molar refractivity (Wildman–Crippen MR) is 89.2 cm³/mol. The second kappa shape index (κ2) is 6.77. The van der Waals surface area contributed by atoms with E-state index in [1.54, 1.807) is 18.4 Å². The molecule has 6 heteroatoms. The first kappa shape index (κ1) is 16.3. The third-order valence-electron chi connectivity index (χ3n) is 3.25. The van der Waals surface area contributed by atoms with Gasteiger partial charge in [0.2, 0.25) is 0 Å². The van der Waals surface area contributed by atoms with E-state index in [2.05, 4.69) is 33.2 Å². The van der Waals surface area contributed by atoms with Crippen LogP contribution < -0.4 is 10.1 Å². The first-order valence-electron chi connectivity index (χ1n) is 6.65. The lowest BCUT2D eigenvalue weighted by Gasteiger charge is -2.14. The van der Waals surface area contributed by atoms with Crippen LogP contribution in [-0.2, 0) is 6.54 Å². The number of aryl methyl sites for hydroxylation is 2. The second-order valence-electron chi connectivity index (χ2n) is 4.91. The summed E-state index contributed by atoms with van der Waals surface area (Å²) in [6.07, 6.45) is 0. The van der Waals surface area contributed by atoms with Gasteiger partial charge in [0, 0.05) is 17.5 Å². The number of hydrogen-bond acceptors (Lipinski definition) is 5. The van der Waals surface area contributed by atoms with Crippen LogP contribution in [0.15, 0.2) is 16.6 Å². The molecule has 2 aromatic rings. The summed E-state index contributed by atoms with van der Waals surface area (Å²) in [4.78, 5) is 5.72. The van der Waals surface area contributed by atoms with Gasteiger partial charge in [0.25, 0.3) is 0 Å².